The number of hydrogen-bond acceptors (Lipinski definition) is 4. The zero-order valence-electron chi connectivity index (χ0n) is 10.7. The molecule has 17 heavy (non-hydrogen) atoms. The van der Waals surface area contributed by atoms with E-state index in [1.807, 2.05) is 0 Å². The summed E-state index contributed by atoms with van der Waals surface area (Å²) in [6.45, 7) is 9.90. The van der Waals surface area contributed by atoms with Crippen molar-refractivity contribution in [1.29, 1.82) is 0 Å². The van der Waals surface area contributed by atoms with Crippen LogP contribution in [-0.4, -0.2) is 34.3 Å². The van der Waals surface area contributed by atoms with E-state index in [4.69, 9.17) is 16.3 Å². The minimum atomic E-state index is -0.203. The second-order valence-electron chi connectivity index (χ2n) is 5.68. The monoisotopic (exact) mass is 255 g/mol. The minimum Gasteiger partial charge on any atom is -0.366 e. The van der Waals surface area contributed by atoms with Crippen LogP contribution in [-0.2, 0) is 4.74 Å². The maximum atomic E-state index is 6.02. The molecule has 1 saturated heterocycles. The van der Waals surface area contributed by atoms with Crippen molar-refractivity contribution in [1.82, 2.24) is 9.97 Å². The summed E-state index contributed by atoms with van der Waals surface area (Å²) in [6.07, 6.45) is 3.28. The molecule has 0 amide bonds. The average Bonchev–Trinajstić information content (AvgIpc) is 2.12. The summed E-state index contributed by atoms with van der Waals surface area (Å²) in [5, 5.41) is 0.421. The smallest absolute Gasteiger partial charge is 0.149 e. The Kier molecular flexibility index (Phi) is 3.04. The highest BCUT2D eigenvalue weighted by Gasteiger charge is 2.38. The van der Waals surface area contributed by atoms with Crippen molar-refractivity contribution in [2.24, 2.45) is 0 Å². The lowest BCUT2D eigenvalue weighted by atomic mass is 9.99. The SMILES string of the molecule is CC1(C)CN(c2cncc(Cl)n2)CC(C)(C)O1. The zero-order chi connectivity index (χ0) is 12.7. The Labute approximate surface area is 107 Å². The van der Waals surface area contributed by atoms with Crippen LogP contribution in [0.4, 0.5) is 5.82 Å². The van der Waals surface area contributed by atoms with Gasteiger partial charge in [-0.25, -0.2) is 4.98 Å². The summed E-state index contributed by atoms with van der Waals surface area (Å²) < 4.78 is 6.02. The number of aromatic nitrogens is 2. The van der Waals surface area contributed by atoms with Crippen LogP contribution in [0.15, 0.2) is 12.4 Å². The van der Waals surface area contributed by atoms with Crippen LogP contribution in [0.5, 0.6) is 0 Å². The predicted molar refractivity (Wildman–Crippen MR) is 68.5 cm³/mol. The maximum Gasteiger partial charge on any atom is 0.149 e. The van der Waals surface area contributed by atoms with E-state index in [9.17, 15) is 0 Å². The van der Waals surface area contributed by atoms with Crippen LogP contribution in [0.3, 0.4) is 0 Å². The van der Waals surface area contributed by atoms with Gasteiger partial charge in [0.2, 0.25) is 0 Å². The molecule has 0 N–H and O–H groups in total. The van der Waals surface area contributed by atoms with Crippen molar-refractivity contribution in [2.45, 2.75) is 38.9 Å². The molecule has 0 atom stereocenters. The third kappa shape index (κ3) is 3.07. The normalized spacial score (nSPS) is 22.5. The lowest BCUT2D eigenvalue weighted by Gasteiger charge is -2.47. The highest BCUT2D eigenvalue weighted by atomic mass is 35.5. The predicted octanol–water partition coefficient (Wildman–Crippen LogP) is 2.52. The topological polar surface area (TPSA) is 38.2 Å². The summed E-state index contributed by atoms with van der Waals surface area (Å²) in [4.78, 5) is 10.5. The number of morpholine rings is 1. The first-order valence-electron chi connectivity index (χ1n) is 5.70. The first-order valence-corrected chi connectivity index (χ1v) is 6.08. The molecule has 0 aromatic carbocycles. The molecule has 1 aromatic rings. The zero-order valence-corrected chi connectivity index (χ0v) is 11.5. The summed E-state index contributed by atoms with van der Waals surface area (Å²) in [6, 6.07) is 0. The average molecular weight is 256 g/mol. The number of rotatable bonds is 1. The molecule has 1 aliphatic heterocycles. The van der Waals surface area contributed by atoms with Gasteiger partial charge in [-0.05, 0) is 27.7 Å². The largest absolute Gasteiger partial charge is 0.366 e. The van der Waals surface area contributed by atoms with E-state index < -0.39 is 0 Å². The van der Waals surface area contributed by atoms with Crippen LogP contribution < -0.4 is 4.90 Å². The third-order valence-corrected chi connectivity index (χ3v) is 2.79. The van der Waals surface area contributed by atoms with Crippen LogP contribution in [0.1, 0.15) is 27.7 Å². The van der Waals surface area contributed by atoms with Gasteiger partial charge in [-0.3, -0.25) is 4.98 Å². The van der Waals surface area contributed by atoms with E-state index in [0.29, 0.717) is 5.15 Å². The van der Waals surface area contributed by atoms with Crippen molar-refractivity contribution >= 4 is 17.4 Å². The molecule has 0 bridgehead atoms. The molecular formula is C12H18ClN3O. The van der Waals surface area contributed by atoms with Crippen LogP contribution in [0, 0.1) is 0 Å². The van der Waals surface area contributed by atoms with Crippen molar-refractivity contribution in [3.8, 4) is 0 Å². The fourth-order valence-electron chi connectivity index (χ4n) is 2.43. The Morgan fingerprint density at radius 2 is 1.76 bits per heavy atom. The lowest BCUT2D eigenvalue weighted by molar-refractivity contribution is -0.133. The molecule has 2 rings (SSSR count). The van der Waals surface area contributed by atoms with Gasteiger partial charge in [-0.1, -0.05) is 11.6 Å². The highest BCUT2D eigenvalue weighted by molar-refractivity contribution is 6.29. The first-order chi connectivity index (χ1) is 7.77. The van der Waals surface area contributed by atoms with E-state index in [1.165, 1.54) is 0 Å². The van der Waals surface area contributed by atoms with E-state index in [-0.39, 0.29) is 11.2 Å². The van der Waals surface area contributed by atoms with Crippen molar-refractivity contribution in [3.63, 3.8) is 0 Å². The molecule has 1 fully saturated rings. The molecule has 0 spiro atoms. The van der Waals surface area contributed by atoms with E-state index in [0.717, 1.165) is 18.9 Å². The van der Waals surface area contributed by atoms with Gasteiger partial charge in [0.05, 0.1) is 23.6 Å². The number of anilines is 1. The van der Waals surface area contributed by atoms with Gasteiger partial charge >= 0.3 is 0 Å². The van der Waals surface area contributed by atoms with Crippen LogP contribution >= 0.6 is 11.6 Å². The third-order valence-electron chi connectivity index (χ3n) is 2.61. The molecule has 1 aromatic heterocycles. The molecule has 0 radical (unpaired) electrons. The van der Waals surface area contributed by atoms with Crippen molar-refractivity contribution in [2.75, 3.05) is 18.0 Å². The number of ether oxygens (including phenoxy) is 1. The summed E-state index contributed by atoms with van der Waals surface area (Å²) in [7, 11) is 0. The Morgan fingerprint density at radius 1 is 1.18 bits per heavy atom. The van der Waals surface area contributed by atoms with E-state index in [1.54, 1.807) is 12.4 Å². The number of nitrogens with zero attached hydrogens (tertiary/aromatic N) is 3. The van der Waals surface area contributed by atoms with Crippen LogP contribution in [0.25, 0.3) is 0 Å². The Hall–Kier alpha value is -0.870. The molecule has 0 saturated carbocycles. The lowest BCUT2D eigenvalue weighted by Crippen LogP contribution is -2.57. The molecule has 1 aliphatic rings. The second-order valence-corrected chi connectivity index (χ2v) is 6.06. The molecule has 4 nitrogen and oxygen atoms in total. The number of halogens is 1. The van der Waals surface area contributed by atoms with E-state index >= 15 is 0 Å². The first kappa shape index (κ1) is 12.6. The van der Waals surface area contributed by atoms with Crippen molar-refractivity contribution in [3.05, 3.63) is 17.5 Å². The van der Waals surface area contributed by atoms with Crippen molar-refractivity contribution < 1.29 is 4.74 Å². The second kappa shape index (κ2) is 4.10. The Morgan fingerprint density at radius 3 is 2.29 bits per heavy atom. The van der Waals surface area contributed by atoms with Crippen LogP contribution in [0.2, 0.25) is 5.15 Å². The quantitative estimate of drug-likeness (QED) is 0.773. The van der Waals surface area contributed by atoms with Gasteiger partial charge in [0.1, 0.15) is 11.0 Å². The van der Waals surface area contributed by atoms with Gasteiger partial charge in [0.25, 0.3) is 0 Å². The Bertz CT molecular complexity index is 404. The Balaban J connectivity index is 2.27. The standard InChI is InChI=1S/C12H18ClN3O/c1-11(2)7-16(8-12(3,4)17-11)10-6-14-5-9(13)15-10/h5-6H,7-8H2,1-4H3. The fraction of sp³-hybridized carbons (Fsp3) is 0.667. The van der Waals surface area contributed by atoms with E-state index in [2.05, 4.69) is 42.6 Å². The molecule has 2 heterocycles. The molecule has 94 valence electrons. The van der Waals surface area contributed by atoms with Gasteiger partial charge in [-0.15, -0.1) is 0 Å². The van der Waals surface area contributed by atoms with Gasteiger partial charge in [-0.2, -0.15) is 0 Å². The summed E-state index contributed by atoms with van der Waals surface area (Å²) in [5.41, 5.74) is -0.405. The van der Waals surface area contributed by atoms with Gasteiger partial charge < -0.3 is 9.64 Å². The van der Waals surface area contributed by atoms with Gasteiger partial charge in [0, 0.05) is 13.1 Å². The molecule has 5 heteroatoms. The minimum absolute atomic E-state index is 0.203. The summed E-state index contributed by atoms with van der Waals surface area (Å²) >= 11 is 5.87. The highest BCUT2D eigenvalue weighted by Crippen LogP contribution is 2.30. The molecular weight excluding hydrogens is 238 g/mol. The maximum absolute atomic E-state index is 6.02. The molecule has 0 aliphatic carbocycles. The summed E-state index contributed by atoms with van der Waals surface area (Å²) in [5.74, 6) is 0.807. The number of hydrogen-bond donors (Lipinski definition) is 0. The molecule has 0 unspecified atom stereocenters. The fourth-order valence-corrected chi connectivity index (χ4v) is 2.58. The van der Waals surface area contributed by atoms with Gasteiger partial charge in [0.15, 0.2) is 0 Å².